The molecule has 0 aromatic heterocycles. The Hall–Kier alpha value is -4.25. The molecule has 0 radical (unpaired) electrons. The average molecular weight is 568 g/mol. The molecule has 2 aliphatic heterocycles. The highest BCUT2D eigenvalue weighted by molar-refractivity contribution is 5.91. The number of nitrogens with one attached hydrogen (secondary N) is 1. The summed E-state index contributed by atoms with van der Waals surface area (Å²) in [7, 11) is 0. The van der Waals surface area contributed by atoms with E-state index in [1.54, 1.807) is 0 Å². The van der Waals surface area contributed by atoms with Crippen molar-refractivity contribution in [1.82, 2.24) is 5.32 Å². The number of aliphatic carboxylic acids is 1. The molecule has 0 bridgehead atoms. The maximum atomic E-state index is 12.2. The average Bonchev–Trinajstić information content (AvgIpc) is 2.95. The van der Waals surface area contributed by atoms with Crippen molar-refractivity contribution in [2.45, 2.75) is 43.9 Å². The van der Waals surface area contributed by atoms with Crippen LogP contribution >= 0.6 is 0 Å². The van der Waals surface area contributed by atoms with Crippen molar-refractivity contribution in [3.8, 4) is 17.6 Å². The number of aromatic hydroxyl groups is 1. The molecule has 4 N–H and O–H groups in total. The molecule has 2 saturated heterocycles. The standard InChI is InChI=1S/C29H29NO11/c1-16(26(33)34)14-38-25-23(30-17(2)31)29(37-12-6-7-18-10-11-21(32)20(13-18)27(35)36)40-22-15-39-28(41-24(22)25)19-8-4-3-5-9-19/h3-5,8-11,13,22-25,28-29,32H,1,12,14-15H2,2H3,(H,30,31)(H,33,34)(H,35,36)/t22-,23-,24+,25+,28+,29+/m0/s1. The number of benzene rings is 2. The number of carbonyl (C=O) groups is 3. The van der Waals surface area contributed by atoms with Crippen LogP contribution in [-0.4, -0.2) is 83.6 Å². The fourth-order valence-corrected chi connectivity index (χ4v) is 4.39. The fraction of sp³-hybridized carbons (Fsp3) is 0.345. The molecule has 4 rings (SSSR count). The molecule has 12 heteroatoms. The first-order chi connectivity index (χ1) is 19.6. The highest BCUT2D eigenvalue weighted by atomic mass is 16.7. The van der Waals surface area contributed by atoms with Crippen molar-refractivity contribution in [1.29, 1.82) is 0 Å². The predicted molar refractivity (Wildman–Crippen MR) is 141 cm³/mol. The molecule has 0 spiro atoms. The van der Waals surface area contributed by atoms with Gasteiger partial charge in [0, 0.05) is 18.1 Å². The molecular weight excluding hydrogens is 538 g/mol. The lowest BCUT2D eigenvalue weighted by Gasteiger charge is -2.49. The summed E-state index contributed by atoms with van der Waals surface area (Å²) < 4.78 is 30.0. The molecule has 2 aliphatic rings. The largest absolute Gasteiger partial charge is 0.507 e. The van der Waals surface area contributed by atoms with Crippen LogP contribution in [0.25, 0.3) is 0 Å². The topological polar surface area (TPSA) is 170 Å². The third-order valence-corrected chi connectivity index (χ3v) is 6.31. The quantitative estimate of drug-likeness (QED) is 0.257. The highest BCUT2D eigenvalue weighted by Gasteiger charge is 2.51. The molecule has 41 heavy (non-hydrogen) atoms. The number of carboxylic acid groups (broad SMARTS) is 2. The van der Waals surface area contributed by atoms with Crippen molar-refractivity contribution in [2.24, 2.45) is 0 Å². The lowest BCUT2D eigenvalue weighted by molar-refractivity contribution is -0.346. The molecule has 2 heterocycles. The van der Waals surface area contributed by atoms with Gasteiger partial charge in [0.25, 0.3) is 0 Å². The van der Waals surface area contributed by atoms with Gasteiger partial charge in [0.05, 0.1) is 18.8 Å². The molecule has 6 atom stereocenters. The third kappa shape index (κ3) is 7.49. The van der Waals surface area contributed by atoms with E-state index in [-0.39, 0.29) is 36.7 Å². The molecule has 1 amide bonds. The summed E-state index contributed by atoms with van der Waals surface area (Å²) in [6, 6.07) is 12.2. The zero-order valence-corrected chi connectivity index (χ0v) is 22.0. The maximum Gasteiger partial charge on any atom is 0.339 e. The van der Waals surface area contributed by atoms with Crippen LogP contribution in [0.1, 0.15) is 34.7 Å². The number of hydrogen-bond donors (Lipinski definition) is 4. The maximum absolute atomic E-state index is 12.2. The van der Waals surface area contributed by atoms with Crippen LogP contribution in [-0.2, 0) is 33.3 Å². The lowest BCUT2D eigenvalue weighted by atomic mass is 9.95. The molecule has 2 fully saturated rings. The highest BCUT2D eigenvalue weighted by Crippen LogP contribution is 2.36. The second-order valence-electron chi connectivity index (χ2n) is 9.28. The first-order valence-corrected chi connectivity index (χ1v) is 12.6. The van der Waals surface area contributed by atoms with Crippen LogP contribution in [0.15, 0.2) is 60.7 Å². The van der Waals surface area contributed by atoms with Crippen molar-refractivity contribution in [2.75, 3.05) is 19.8 Å². The Morgan fingerprint density at radius 1 is 1.10 bits per heavy atom. The van der Waals surface area contributed by atoms with E-state index in [1.807, 2.05) is 30.3 Å². The number of carboxylic acids is 2. The van der Waals surface area contributed by atoms with Gasteiger partial charge in [-0.25, -0.2) is 9.59 Å². The molecule has 0 saturated carbocycles. The van der Waals surface area contributed by atoms with E-state index < -0.39 is 54.8 Å². The summed E-state index contributed by atoms with van der Waals surface area (Å²) in [6.45, 7) is 4.37. The van der Waals surface area contributed by atoms with Gasteiger partial charge in [-0.2, -0.15) is 0 Å². The minimum atomic E-state index is -1.30. The summed E-state index contributed by atoms with van der Waals surface area (Å²) in [5, 5.41) is 30.9. The van der Waals surface area contributed by atoms with E-state index >= 15 is 0 Å². The third-order valence-electron chi connectivity index (χ3n) is 6.31. The Kier molecular flexibility index (Phi) is 9.72. The monoisotopic (exact) mass is 567 g/mol. The van der Waals surface area contributed by atoms with Gasteiger partial charge in [-0.1, -0.05) is 48.8 Å². The Bertz CT molecular complexity index is 1350. The van der Waals surface area contributed by atoms with Gasteiger partial charge in [0.2, 0.25) is 5.91 Å². The molecule has 2 aromatic carbocycles. The zero-order chi connectivity index (χ0) is 29.5. The van der Waals surface area contributed by atoms with Gasteiger partial charge in [-0.15, -0.1) is 0 Å². The molecular formula is C29H29NO11. The lowest BCUT2D eigenvalue weighted by Crippen LogP contribution is -2.67. The van der Waals surface area contributed by atoms with Crippen LogP contribution in [0.2, 0.25) is 0 Å². The van der Waals surface area contributed by atoms with E-state index in [0.717, 1.165) is 5.56 Å². The summed E-state index contributed by atoms with van der Waals surface area (Å²) >= 11 is 0. The molecule has 216 valence electrons. The smallest absolute Gasteiger partial charge is 0.339 e. The van der Waals surface area contributed by atoms with Gasteiger partial charge in [-0.05, 0) is 18.2 Å². The van der Waals surface area contributed by atoms with Crippen molar-refractivity contribution in [3.63, 3.8) is 0 Å². The second-order valence-corrected chi connectivity index (χ2v) is 9.28. The number of rotatable bonds is 9. The Balaban J connectivity index is 1.54. The van der Waals surface area contributed by atoms with E-state index in [2.05, 4.69) is 23.7 Å². The molecule has 0 unspecified atom stereocenters. The number of ether oxygens (including phenoxy) is 5. The predicted octanol–water partition coefficient (Wildman–Crippen LogP) is 1.83. The summed E-state index contributed by atoms with van der Waals surface area (Å²) in [4.78, 5) is 34.8. The van der Waals surface area contributed by atoms with Crippen molar-refractivity contribution >= 4 is 17.8 Å². The van der Waals surface area contributed by atoms with Gasteiger partial charge in [0.1, 0.15) is 42.3 Å². The van der Waals surface area contributed by atoms with Gasteiger partial charge in [-0.3, -0.25) is 4.79 Å². The number of amides is 1. The van der Waals surface area contributed by atoms with Crippen LogP contribution in [0, 0.1) is 11.8 Å². The Labute approximate surface area is 235 Å². The summed E-state index contributed by atoms with van der Waals surface area (Å²) in [5.41, 5.74) is 0.601. The summed E-state index contributed by atoms with van der Waals surface area (Å²) in [6.07, 6.45) is -4.23. The normalized spacial score (nSPS) is 25.2. The van der Waals surface area contributed by atoms with Crippen molar-refractivity contribution in [3.05, 3.63) is 77.4 Å². The number of phenols is 1. The molecule has 2 aromatic rings. The SMILES string of the molecule is C=C(CO[C@@H]1[C@H](NC(C)=O)[C@H](OCC#Cc2ccc(O)c(C(=O)O)c2)O[C@H]2CO[C@@H](c3ccccc3)O[C@@H]12)C(=O)O. The van der Waals surface area contributed by atoms with Gasteiger partial charge >= 0.3 is 11.9 Å². The Morgan fingerprint density at radius 3 is 2.54 bits per heavy atom. The van der Waals surface area contributed by atoms with Gasteiger partial charge < -0.3 is 44.3 Å². The zero-order valence-electron chi connectivity index (χ0n) is 22.0. The number of hydrogen-bond acceptors (Lipinski definition) is 9. The number of fused-ring (bicyclic) bond motifs is 1. The van der Waals surface area contributed by atoms with Crippen molar-refractivity contribution < 1.29 is 53.4 Å². The van der Waals surface area contributed by atoms with E-state index in [9.17, 15) is 29.7 Å². The van der Waals surface area contributed by atoms with Crippen LogP contribution in [0.4, 0.5) is 0 Å². The second kappa shape index (κ2) is 13.4. The van der Waals surface area contributed by atoms with Gasteiger partial charge in [0.15, 0.2) is 12.6 Å². The number of carbonyl (C=O) groups excluding carboxylic acids is 1. The van der Waals surface area contributed by atoms with E-state index in [0.29, 0.717) is 5.56 Å². The fourth-order valence-electron chi connectivity index (χ4n) is 4.39. The van der Waals surface area contributed by atoms with E-state index in [1.165, 1.54) is 25.1 Å². The molecule has 12 nitrogen and oxygen atoms in total. The van der Waals surface area contributed by atoms with Crippen LogP contribution in [0.3, 0.4) is 0 Å². The number of aromatic carboxylic acids is 1. The first-order valence-electron chi connectivity index (χ1n) is 12.6. The van der Waals surface area contributed by atoms with Crippen LogP contribution in [0.5, 0.6) is 5.75 Å². The van der Waals surface area contributed by atoms with Crippen LogP contribution < -0.4 is 5.32 Å². The minimum Gasteiger partial charge on any atom is -0.507 e. The first kappa shape index (κ1) is 29.7. The molecule has 0 aliphatic carbocycles. The summed E-state index contributed by atoms with van der Waals surface area (Å²) in [5.74, 6) is 2.18. The minimum absolute atomic E-state index is 0.0910. The van der Waals surface area contributed by atoms with E-state index in [4.69, 9.17) is 23.7 Å². The Morgan fingerprint density at radius 2 is 1.85 bits per heavy atom.